The topological polar surface area (TPSA) is 95.9 Å². The molecule has 314 valence electrons. The first-order valence-electron chi connectivity index (χ1n) is 23.4. The highest BCUT2D eigenvalue weighted by molar-refractivity contribution is 5.77. The van der Waals surface area contributed by atoms with Gasteiger partial charge in [0, 0.05) is 6.42 Å². The molecule has 0 aliphatic carbocycles. The summed E-state index contributed by atoms with van der Waals surface area (Å²) in [5.41, 5.74) is 0. The standard InChI is InChI=1S/C47H91NO5/c1-4-7-10-13-16-19-21-22-23-25-27-29-32-35-38-43(53-47(52)40-37-34-31-26-18-15-12-9-6-3)41-46(51)48-44(42-49)45(50)39-36-33-30-28-24-20-17-14-11-8-5-2/h23,25,43-45,49-50H,4-22,24,26-42H2,1-3H3,(H,48,51)/b25-23+. The summed E-state index contributed by atoms with van der Waals surface area (Å²) in [7, 11) is 0. The van der Waals surface area contributed by atoms with Crippen LogP contribution in [-0.4, -0.2) is 46.9 Å². The third-order valence-electron chi connectivity index (χ3n) is 10.8. The van der Waals surface area contributed by atoms with Crippen molar-refractivity contribution in [2.75, 3.05) is 6.61 Å². The highest BCUT2D eigenvalue weighted by Gasteiger charge is 2.24. The van der Waals surface area contributed by atoms with E-state index < -0.39 is 18.2 Å². The summed E-state index contributed by atoms with van der Waals surface area (Å²) in [5.74, 6) is -0.481. The molecule has 0 saturated carbocycles. The lowest BCUT2D eigenvalue weighted by molar-refractivity contribution is -0.151. The molecule has 0 heterocycles. The molecule has 0 radical (unpaired) electrons. The number of nitrogens with one attached hydrogen (secondary N) is 1. The Bertz CT molecular complexity index is 802. The van der Waals surface area contributed by atoms with Crippen molar-refractivity contribution >= 4 is 11.9 Å². The van der Waals surface area contributed by atoms with Gasteiger partial charge in [-0.25, -0.2) is 0 Å². The predicted molar refractivity (Wildman–Crippen MR) is 227 cm³/mol. The van der Waals surface area contributed by atoms with Gasteiger partial charge >= 0.3 is 5.97 Å². The third-order valence-corrected chi connectivity index (χ3v) is 10.8. The molecule has 0 aliphatic heterocycles. The largest absolute Gasteiger partial charge is 0.462 e. The van der Waals surface area contributed by atoms with Crippen LogP contribution >= 0.6 is 0 Å². The molecule has 3 unspecified atom stereocenters. The first kappa shape index (κ1) is 51.6. The Labute approximate surface area is 329 Å². The van der Waals surface area contributed by atoms with Gasteiger partial charge in [-0.3, -0.25) is 9.59 Å². The van der Waals surface area contributed by atoms with Crippen molar-refractivity contribution < 1.29 is 24.5 Å². The lowest BCUT2D eigenvalue weighted by Crippen LogP contribution is -2.46. The number of hydrogen-bond acceptors (Lipinski definition) is 5. The summed E-state index contributed by atoms with van der Waals surface area (Å²) in [5, 5.41) is 23.6. The molecule has 0 aromatic heterocycles. The molecule has 53 heavy (non-hydrogen) atoms. The van der Waals surface area contributed by atoms with Gasteiger partial charge in [-0.15, -0.1) is 0 Å². The van der Waals surface area contributed by atoms with Crippen molar-refractivity contribution in [1.82, 2.24) is 5.32 Å². The van der Waals surface area contributed by atoms with E-state index in [0.29, 0.717) is 19.3 Å². The van der Waals surface area contributed by atoms with Gasteiger partial charge in [0.15, 0.2) is 0 Å². The Morgan fingerprint density at radius 3 is 1.36 bits per heavy atom. The maximum atomic E-state index is 13.1. The molecule has 3 atom stereocenters. The van der Waals surface area contributed by atoms with Crippen LogP contribution in [0.3, 0.4) is 0 Å². The lowest BCUT2D eigenvalue weighted by Gasteiger charge is -2.24. The number of hydrogen-bond donors (Lipinski definition) is 3. The van der Waals surface area contributed by atoms with Gasteiger partial charge in [0.1, 0.15) is 6.10 Å². The third kappa shape index (κ3) is 37.3. The van der Waals surface area contributed by atoms with E-state index in [1.54, 1.807) is 0 Å². The molecular weight excluding hydrogens is 659 g/mol. The van der Waals surface area contributed by atoms with E-state index >= 15 is 0 Å². The maximum absolute atomic E-state index is 13.1. The van der Waals surface area contributed by atoms with Crippen LogP contribution in [0.1, 0.15) is 252 Å². The molecule has 3 N–H and O–H groups in total. The smallest absolute Gasteiger partial charge is 0.306 e. The van der Waals surface area contributed by atoms with Gasteiger partial charge in [0.05, 0.1) is 25.2 Å². The normalized spacial score (nSPS) is 13.4. The zero-order chi connectivity index (χ0) is 38.9. The van der Waals surface area contributed by atoms with E-state index in [1.807, 2.05) is 0 Å². The Hall–Kier alpha value is -1.40. The summed E-state index contributed by atoms with van der Waals surface area (Å²) in [6, 6.07) is -0.697. The average molecular weight is 750 g/mol. The van der Waals surface area contributed by atoms with Gasteiger partial charge in [0.2, 0.25) is 5.91 Å². The van der Waals surface area contributed by atoms with Crippen LogP contribution in [0.15, 0.2) is 12.2 Å². The number of unbranched alkanes of at least 4 members (excludes halogenated alkanes) is 28. The van der Waals surface area contributed by atoms with Crippen LogP contribution < -0.4 is 5.32 Å². The number of carbonyl (C=O) groups is 2. The molecule has 0 spiro atoms. The molecule has 6 nitrogen and oxygen atoms in total. The van der Waals surface area contributed by atoms with Crippen LogP contribution in [0, 0.1) is 0 Å². The van der Waals surface area contributed by atoms with Gasteiger partial charge in [0.25, 0.3) is 0 Å². The first-order chi connectivity index (χ1) is 26.0. The molecule has 0 bridgehead atoms. The predicted octanol–water partition coefficient (Wildman–Crippen LogP) is 13.4. The molecule has 6 heteroatoms. The van der Waals surface area contributed by atoms with E-state index in [4.69, 9.17) is 4.74 Å². The highest BCUT2D eigenvalue weighted by atomic mass is 16.5. The van der Waals surface area contributed by atoms with E-state index in [9.17, 15) is 19.8 Å². The number of allylic oxidation sites excluding steroid dienone is 2. The van der Waals surface area contributed by atoms with E-state index in [0.717, 1.165) is 57.8 Å². The maximum Gasteiger partial charge on any atom is 0.306 e. The van der Waals surface area contributed by atoms with Crippen LogP contribution in [0.5, 0.6) is 0 Å². The number of aliphatic hydroxyl groups excluding tert-OH is 2. The second kappa shape index (κ2) is 41.8. The number of esters is 1. The highest BCUT2D eigenvalue weighted by Crippen LogP contribution is 2.17. The monoisotopic (exact) mass is 750 g/mol. The van der Waals surface area contributed by atoms with Crippen molar-refractivity contribution in [3.63, 3.8) is 0 Å². The molecule has 1 amide bonds. The number of amides is 1. The SMILES string of the molecule is CCCCCCCCC/C=C/CCCCCC(CC(=O)NC(CO)C(O)CCCCCCCCCCCCC)OC(=O)CCCCCCCCCCC. The van der Waals surface area contributed by atoms with Crippen molar-refractivity contribution in [2.24, 2.45) is 0 Å². The van der Waals surface area contributed by atoms with Crippen LogP contribution in [0.4, 0.5) is 0 Å². The van der Waals surface area contributed by atoms with Crippen LogP contribution in [0.2, 0.25) is 0 Å². The number of aliphatic hydroxyl groups is 2. The molecule has 0 aliphatic rings. The molecule has 0 saturated heterocycles. The van der Waals surface area contributed by atoms with Crippen molar-refractivity contribution in [2.45, 2.75) is 270 Å². The summed E-state index contributed by atoms with van der Waals surface area (Å²) >= 11 is 0. The van der Waals surface area contributed by atoms with Gasteiger partial charge in [-0.1, -0.05) is 200 Å². The van der Waals surface area contributed by atoms with Gasteiger partial charge < -0.3 is 20.3 Å². The number of ether oxygens (including phenoxy) is 1. The van der Waals surface area contributed by atoms with E-state index in [2.05, 4.69) is 38.2 Å². The molecule has 0 aromatic rings. The second-order valence-corrected chi connectivity index (χ2v) is 16.2. The summed E-state index contributed by atoms with van der Waals surface area (Å²) in [6.45, 7) is 6.45. The van der Waals surface area contributed by atoms with Crippen molar-refractivity contribution in [3.8, 4) is 0 Å². The van der Waals surface area contributed by atoms with Crippen LogP contribution in [0.25, 0.3) is 0 Å². The van der Waals surface area contributed by atoms with E-state index in [-0.39, 0.29) is 24.9 Å². The summed E-state index contributed by atoms with van der Waals surface area (Å²) in [4.78, 5) is 25.9. The first-order valence-corrected chi connectivity index (χ1v) is 23.4. The fourth-order valence-corrected chi connectivity index (χ4v) is 7.25. The minimum atomic E-state index is -0.783. The molecule has 0 rings (SSSR count). The fourth-order valence-electron chi connectivity index (χ4n) is 7.25. The zero-order valence-corrected chi connectivity index (χ0v) is 35.7. The van der Waals surface area contributed by atoms with Crippen molar-refractivity contribution in [3.05, 3.63) is 12.2 Å². The minimum absolute atomic E-state index is 0.0729. The summed E-state index contributed by atoms with van der Waals surface area (Å²) < 4.78 is 5.89. The van der Waals surface area contributed by atoms with Crippen LogP contribution in [-0.2, 0) is 14.3 Å². The zero-order valence-electron chi connectivity index (χ0n) is 35.7. The molecule has 0 aromatic carbocycles. The summed E-state index contributed by atoms with van der Waals surface area (Å²) in [6.07, 6.45) is 44.1. The molecule has 0 fully saturated rings. The second-order valence-electron chi connectivity index (χ2n) is 16.2. The number of rotatable bonds is 42. The average Bonchev–Trinajstić information content (AvgIpc) is 3.15. The Balaban J connectivity index is 4.58. The van der Waals surface area contributed by atoms with Crippen molar-refractivity contribution in [1.29, 1.82) is 0 Å². The Morgan fingerprint density at radius 1 is 0.528 bits per heavy atom. The fraction of sp³-hybridized carbons (Fsp3) is 0.915. The minimum Gasteiger partial charge on any atom is -0.462 e. The number of carbonyl (C=O) groups excluding carboxylic acids is 2. The Kier molecular flexibility index (Phi) is 40.7. The molecular formula is C47H91NO5. The quantitative estimate of drug-likeness (QED) is 0.0328. The van der Waals surface area contributed by atoms with E-state index in [1.165, 1.54) is 148 Å². The van der Waals surface area contributed by atoms with Gasteiger partial charge in [-0.05, 0) is 51.4 Å². The lowest BCUT2D eigenvalue weighted by atomic mass is 10.0. The van der Waals surface area contributed by atoms with Gasteiger partial charge in [-0.2, -0.15) is 0 Å². The Morgan fingerprint density at radius 2 is 0.906 bits per heavy atom.